The van der Waals surface area contributed by atoms with Gasteiger partial charge in [0.15, 0.2) is 0 Å². The Labute approximate surface area is 78.3 Å². The van der Waals surface area contributed by atoms with Crippen LogP contribution < -0.4 is 16.8 Å². The molecular formula is C9H16N4. The van der Waals surface area contributed by atoms with Gasteiger partial charge in [0.1, 0.15) is 0 Å². The summed E-state index contributed by atoms with van der Waals surface area (Å²) in [4.78, 5) is 3.98. The Balaban J connectivity index is 2.62. The molecule has 0 radical (unpaired) electrons. The number of nitrogen functional groups attached to an aromatic ring is 1. The van der Waals surface area contributed by atoms with E-state index in [0.29, 0.717) is 18.3 Å². The first-order valence-corrected chi connectivity index (χ1v) is 4.43. The minimum Gasteiger partial charge on any atom is -0.397 e. The first-order chi connectivity index (χ1) is 6.26. The minimum atomic E-state index is 0.295. The number of rotatable bonds is 4. The van der Waals surface area contributed by atoms with Crippen molar-refractivity contribution >= 4 is 11.4 Å². The van der Waals surface area contributed by atoms with Crippen LogP contribution in [0.15, 0.2) is 18.5 Å². The van der Waals surface area contributed by atoms with E-state index in [1.54, 1.807) is 12.4 Å². The van der Waals surface area contributed by atoms with Crippen LogP contribution in [-0.2, 0) is 0 Å². The van der Waals surface area contributed by atoms with Crippen molar-refractivity contribution in [2.24, 2.45) is 5.73 Å². The van der Waals surface area contributed by atoms with Crippen LogP contribution in [-0.4, -0.2) is 17.6 Å². The highest BCUT2D eigenvalue weighted by atomic mass is 14.9. The Morgan fingerprint density at radius 2 is 2.31 bits per heavy atom. The monoisotopic (exact) mass is 180 g/mol. The van der Waals surface area contributed by atoms with Crippen molar-refractivity contribution < 1.29 is 0 Å². The molecule has 0 saturated heterocycles. The lowest BCUT2D eigenvalue weighted by Gasteiger charge is -2.15. The van der Waals surface area contributed by atoms with Gasteiger partial charge in [-0.15, -0.1) is 0 Å². The van der Waals surface area contributed by atoms with Crippen molar-refractivity contribution in [3.05, 3.63) is 18.5 Å². The van der Waals surface area contributed by atoms with Gasteiger partial charge >= 0.3 is 0 Å². The third-order valence-corrected chi connectivity index (χ3v) is 1.91. The zero-order valence-electron chi connectivity index (χ0n) is 7.83. The third kappa shape index (κ3) is 2.91. The van der Waals surface area contributed by atoms with Gasteiger partial charge in [0.05, 0.1) is 17.6 Å². The summed E-state index contributed by atoms with van der Waals surface area (Å²) in [7, 11) is 0. The smallest absolute Gasteiger partial charge is 0.0549 e. The van der Waals surface area contributed by atoms with Gasteiger partial charge in [-0.3, -0.25) is 4.98 Å². The highest BCUT2D eigenvalue weighted by Crippen LogP contribution is 2.11. The molecule has 4 heteroatoms. The molecule has 1 heterocycles. The number of nitrogens with two attached hydrogens (primary N) is 2. The van der Waals surface area contributed by atoms with Crippen LogP contribution in [0.1, 0.15) is 13.3 Å². The molecule has 0 aliphatic rings. The van der Waals surface area contributed by atoms with E-state index in [1.165, 1.54) is 0 Å². The minimum absolute atomic E-state index is 0.295. The Kier molecular flexibility index (Phi) is 3.52. The summed E-state index contributed by atoms with van der Waals surface area (Å²) in [6.45, 7) is 2.70. The van der Waals surface area contributed by atoms with Crippen molar-refractivity contribution in [2.75, 3.05) is 17.6 Å². The molecule has 1 unspecified atom stereocenters. The molecule has 1 aromatic heterocycles. The standard InChI is InChI=1S/C9H16N4/c1-2-8(4-10)13-9-3-7(11)5-12-6-9/h3,5-6,8,13H,2,4,10-11H2,1H3. The van der Waals surface area contributed by atoms with Crippen LogP contribution >= 0.6 is 0 Å². The number of hydrogen-bond acceptors (Lipinski definition) is 4. The maximum atomic E-state index is 5.58. The van der Waals surface area contributed by atoms with Crippen LogP contribution in [0.25, 0.3) is 0 Å². The summed E-state index contributed by atoms with van der Waals surface area (Å²) >= 11 is 0. The second-order valence-corrected chi connectivity index (χ2v) is 2.99. The molecule has 0 spiro atoms. The average Bonchev–Trinajstić information content (AvgIpc) is 2.14. The zero-order chi connectivity index (χ0) is 9.68. The van der Waals surface area contributed by atoms with Crippen molar-refractivity contribution in [2.45, 2.75) is 19.4 Å². The molecule has 4 nitrogen and oxygen atoms in total. The van der Waals surface area contributed by atoms with Gasteiger partial charge in [0, 0.05) is 18.8 Å². The van der Waals surface area contributed by atoms with Gasteiger partial charge in [-0.05, 0) is 12.5 Å². The molecule has 0 bridgehead atoms. The molecule has 0 saturated carbocycles. The lowest BCUT2D eigenvalue weighted by Crippen LogP contribution is -2.27. The molecule has 0 aliphatic heterocycles. The molecule has 0 amide bonds. The molecule has 0 fully saturated rings. The van der Waals surface area contributed by atoms with Crippen molar-refractivity contribution in [1.82, 2.24) is 4.98 Å². The average molecular weight is 180 g/mol. The number of pyridine rings is 1. The summed E-state index contributed by atoms with van der Waals surface area (Å²) in [5.74, 6) is 0. The van der Waals surface area contributed by atoms with Gasteiger partial charge in [0.25, 0.3) is 0 Å². The Morgan fingerprint density at radius 1 is 1.54 bits per heavy atom. The number of anilines is 2. The van der Waals surface area contributed by atoms with Crippen LogP contribution in [0.4, 0.5) is 11.4 Å². The van der Waals surface area contributed by atoms with E-state index in [9.17, 15) is 0 Å². The van der Waals surface area contributed by atoms with E-state index in [2.05, 4.69) is 17.2 Å². The first-order valence-electron chi connectivity index (χ1n) is 4.43. The van der Waals surface area contributed by atoms with Gasteiger partial charge in [-0.25, -0.2) is 0 Å². The van der Waals surface area contributed by atoms with Crippen LogP contribution in [0.3, 0.4) is 0 Å². The number of nitrogens with zero attached hydrogens (tertiary/aromatic N) is 1. The SMILES string of the molecule is CCC(CN)Nc1cncc(N)c1. The number of nitrogens with one attached hydrogen (secondary N) is 1. The molecule has 72 valence electrons. The lowest BCUT2D eigenvalue weighted by molar-refractivity contribution is 0.703. The highest BCUT2D eigenvalue weighted by molar-refractivity contribution is 5.51. The Bertz CT molecular complexity index is 258. The molecule has 0 aliphatic carbocycles. The Morgan fingerprint density at radius 3 is 2.85 bits per heavy atom. The van der Waals surface area contributed by atoms with Gasteiger partial charge in [-0.2, -0.15) is 0 Å². The summed E-state index contributed by atoms with van der Waals surface area (Å²) in [5, 5.41) is 3.25. The summed E-state index contributed by atoms with van der Waals surface area (Å²) in [6.07, 6.45) is 4.36. The van der Waals surface area contributed by atoms with Crippen LogP contribution in [0, 0.1) is 0 Å². The van der Waals surface area contributed by atoms with E-state index in [1.807, 2.05) is 6.07 Å². The van der Waals surface area contributed by atoms with Crippen molar-refractivity contribution in [1.29, 1.82) is 0 Å². The van der Waals surface area contributed by atoms with E-state index in [4.69, 9.17) is 11.5 Å². The molecule has 1 rings (SSSR count). The number of hydrogen-bond donors (Lipinski definition) is 3. The van der Waals surface area contributed by atoms with Crippen molar-refractivity contribution in [3.8, 4) is 0 Å². The van der Waals surface area contributed by atoms with E-state index in [0.717, 1.165) is 12.1 Å². The quantitative estimate of drug-likeness (QED) is 0.641. The molecule has 0 aromatic carbocycles. The van der Waals surface area contributed by atoms with E-state index < -0.39 is 0 Å². The topological polar surface area (TPSA) is 77.0 Å². The van der Waals surface area contributed by atoms with Gasteiger partial charge in [-0.1, -0.05) is 6.92 Å². The second-order valence-electron chi connectivity index (χ2n) is 2.99. The normalized spacial score (nSPS) is 12.5. The van der Waals surface area contributed by atoms with E-state index in [-0.39, 0.29) is 0 Å². The van der Waals surface area contributed by atoms with Gasteiger partial charge < -0.3 is 16.8 Å². The fourth-order valence-corrected chi connectivity index (χ4v) is 1.10. The van der Waals surface area contributed by atoms with Crippen LogP contribution in [0.2, 0.25) is 0 Å². The molecule has 1 atom stereocenters. The largest absolute Gasteiger partial charge is 0.397 e. The van der Waals surface area contributed by atoms with Crippen LogP contribution in [0.5, 0.6) is 0 Å². The zero-order valence-corrected chi connectivity index (χ0v) is 7.83. The molecule has 1 aromatic rings. The Hall–Kier alpha value is -1.29. The highest BCUT2D eigenvalue weighted by Gasteiger charge is 2.02. The second kappa shape index (κ2) is 4.67. The molecule has 5 N–H and O–H groups in total. The fourth-order valence-electron chi connectivity index (χ4n) is 1.10. The van der Waals surface area contributed by atoms with Gasteiger partial charge in [0.2, 0.25) is 0 Å². The third-order valence-electron chi connectivity index (χ3n) is 1.91. The predicted octanol–water partition coefficient (Wildman–Crippen LogP) is 0.813. The summed E-state index contributed by atoms with van der Waals surface area (Å²) < 4.78 is 0. The summed E-state index contributed by atoms with van der Waals surface area (Å²) in [5.41, 5.74) is 12.7. The predicted molar refractivity (Wildman–Crippen MR) is 55.4 cm³/mol. The van der Waals surface area contributed by atoms with E-state index >= 15 is 0 Å². The first kappa shape index (κ1) is 9.80. The molecular weight excluding hydrogens is 164 g/mol. The molecule has 13 heavy (non-hydrogen) atoms. The number of aromatic nitrogens is 1. The maximum absolute atomic E-state index is 5.58. The maximum Gasteiger partial charge on any atom is 0.0549 e. The lowest BCUT2D eigenvalue weighted by atomic mass is 10.2. The van der Waals surface area contributed by atoms with Crippen molar-refractivity contribution in [3.63, 3.8) is 0 Å². The summed E-state index contributed by atoms with van der Waals surface area (Å²) in [6, 6.07) is 2.15. The fraction of sp³-hybridized carbons (Fsp3) is 0.444.